The first-order chi connectivity index (χ1) is 11.7. The van der Waals surface area contributed by atoms with E-state index in [1.54, 1.807) is 14.2 Å². The molecule has 1 amide bonds. The Hall–Kier alpha value is -1.75. The van der Waals surface area contributed by atoms with Crippen molar-refractivity contribution in [1.29, 1.82) is 0 Å². The second-order valence-corrected chi connectivity index (χ2v) is 6.90. The smallest absolute Gasteiger partial charge is 0.222 e. The number of nitrogens with zero attached hydrogens (tertiary/aromatic N) is 1. The maximum absolute atomic E-state index is 12.7. The van der Waals surface area contributed by atoms with Gasteiger partial charge in [0.15, 0.2) is 0 Å². The zero-order chi connectivity index (χ0) is 17.0. The van der Waals surface area contributed by atoms with E-state index in [4.69, 9.17) is 14.2 Å². The SMILES string of the molecule is COc1ccc(OC)c(CCC(=O)N2CCCC3(CCOC3)C2)c1. The summed E-state index contributed by atoms with van der Waals surface area (Å²) in [6, 6.07) is 5.72. The number of hydrogen-bond donors (Lipinski definition) is 0. The van der Waals surface area contributed by atoms with Crippen LogP contribution in [0.3, 0.4) is 0 Å². The van der Waals surface area contributed by atoms with E-state index in [-0.39, 0.29) is 11.3 Å². The molecule has 2 heterocycles. The van der Waals surface area contributed by atoms with Crippen molar-refractivity contribution in [2.75, 3.05) is 40.5 Å². The van der Waals surface area contributed by atoms with Crippen LogP contribution in [-0.2, 0) is 16.0 Å². The van der Waals surface area contributed by atoms with E-state index in [0.29, 0.717) is 12.8 Å². The number of benzene rings is 1. The van der Waals surface area contributed by atoms with Crippen LogP contribution in [-0.4, -0.2) is 51.3 Å². The van der Waals surface area contributed by atoms with Gasteiger partial charge in [-0.25, -0.2) is 0 Å². The standard InChI is InChI=1S/C19H27NO4/c1-22-16-5-6-17(23-2)15(12-16)4-7-18(21)20-10-3-8-19(13-20)9-11-24-14-19/h5-6,12H,3-4,7-11,13-14H2,1-2H3. The largest absolute Gasteiger partial charge is 0.497 e. The Bertz CT molecular complexity index is 581. The first kappa shape index (κ1) is 17.1. The Labute approximate surface area is 143 Å². The fourth-order valence-corrected chi connectivity index (χ4v) is 3.87. The Balaban J connectivity index is 1.61. The Morgan fingerprint density at radius 2 is 2.17 bits per heavy atom. The van der Waals surface area contributed by atoms with E-state index >= 15 is 0 Å². The number of hydrogen-bond acceptors (Lipinski definition) is 4. The van der Waals surface area contributed by atoms with Crippen LogP contribution >= 0.6 is 0 Å². The summed E-state index contributed by atoms with van der Waals surface area (Å²) in [4.78, 5) is 14.7. The van der Waals surface area contributed by atoms with Crippen LogP contribution in [0.4, 0.5) is 0 Å². The molecule has 1 atom stereocenters. The second kappa shape index (κ2) is 7.43. The van der Waals surface area contributed by atoms with Gasteiger partial charge in [0, 0.05) is 31.5 Å². The van der Waals surface area contributed by atoms with Crippen molar-refractivity contribution >= 4 is 5.91 Å². The molecule has 1 aromatic rings. The fraction of sp³-hybridized carbons (Fsp3) is 0.632. The maximum atomic E-state index is 12.7. The van der Waals surface area contributed by atoms with E-state index < -0.39 is 0 Å². The molecule has 2 saturated heterocycles. The predicted molar refractivity (Wildman–Crippen MR) is 91.6 cm³/mol. The highest BCUT2D eigenvalue weighted by molar-refractivity contribution is 5.76. The number of carbonyl (C=O) groups excluding carboxylic acids is 1. The average molecular weight is 333 g/mol. The van der Waals surface area contributed by atoms with Crippen molar-refractivity contribution in [3.8, 4) is 11.5 Å². The van der Waals surface area contributed by atoms with Gasteiger partial charge >= 0.3 is 0 Å². The minimum Gasteiger partial charge on any atom is -0.497 e. The highest BCUT2D eigenvalue weighted by Crippen LogP contribution is 2.38. The second-order valence-electron chi connectivity index (χ2n) is 6.90. The van der Waals surface area contributed by atoms with Crippen LogP contribution in [0.5, 0.6) is 11.5 Å². The molecule has 1 unspecified atom stereocenters. The number of piperidine rings is 1. The van der Waals surface area contributed by atoms with Crippen LogP contribution < -0.4 is 9.47 Å². The van der Waals surface area contributed by atoms with Gasteiger partial charge in [0.05, 0.1) is 20.8 Å². The molecular formula is C19H27NO4. The van der Waals surface area contributed by atoms with Gasteiger partial charge in [-0.2, -0.15) is 0 Å². The highest BCUT2D eigenvalue weighted by atomic mass is 16.5. The minimum absolute atomic E-state index is 0.210. The number of carbonyl (C=O) groups is 1. The van der Waals surface area contributed by atoms with Crippen molar-refractivity contribution in [2.24, 2.45) is 5.41 Å². The molecule has 1 spiro atoms. The third kappa shape index (κ3) is 3.66. The molecule has 2 fully saturated rings. The number of likely N-dealkylation sites (tertiary alicyclic amines) is 1. The third-order valence-corrected chi connectivity index (χ3v) is 5.29. The summed E-state index contributed by atoms with van der Waals surface area (Å²) < 4.78 is 16.3. The summed E-state index contributed by atoms with van der Waals surface area (Å²) in [7, 11) is 3.30. The van der Waals surface area contributed by atoms with Crippen LogP contribution in [0.25, 0.3) is 0 Å². The number of methoxy groups -OCH3 is 2. The minimum atomic E-state index is 0.210. The zero-order valence-electron chi connectivity index (χ0n) is 14.7. The zero-order valence-corrected chi connectivity index (χ0v) is 14.7. The Kier molecular flexibility index (Phi) is 5.29. The van der Waals surface area contributed by atoms with Crippen LogP contribution in [0.15, 0.2) is 18.2 Å². The van der Waals surface area contributed by atoms with E-state index in [9.17, 15) is 4.79 Å². The normalized spacial score (nSPS) is 23.5. The molecule has 0 aliphatic carbocycles. The number of ether oxygens (including phenoxy) is 3. The molecular weight excluding hydrogens is 306 g/mol. The highest BCUT2D eigenvalue weighted by Gasteiger charge is 2.40. The van der Waals surface area contributed by atoms with E-state index in [0.717, 1.165) is 56.2 Å². The van der Waals surface area contributed by atoms with Crippen molar-refractivity contribution < 1.29 is 19.0 Å². The van der Waals surface area contributed by atoms with Crippen LogP contribution in [0, 0.1) is 5.41 Å². The summed E-state index contributed by atoms with van der Waals surface area (Å²) in [5.41, 5.74) is 1.22. The van der Waals surface area contributed by atoms with Gasteiger partial charge in [-0.15, -0.1) is 0 Å². The summed E-state index contributed by atoms with van der Waals surface area (Å²) in [5.74, 6) is 1.83. The summed E-state index contributed by atoms with van der Waals surface area (Å²) in [6.45, 7) is 3.36. The number of aryl methyl sites for hydroxylation is 1. The first-order valence-corrected chi connectivity index (χ1v) is 8.72. The number of amides is 1. The van der Waals surface area contributed by atoms with Gasteiger partial charge in [0.2, 0.25) is 5.91 Å². The van der Waals surface area contributed by atoms with Gasteiger partial charge in [0.1, 0.15) is 11.5 Å². The molecule has 132 valence electrons. The van der Waals surface area contributed by atoms with Crippen molar-refractivity contribution in [3.63, 3.8) is 0 Å². The van der Waals surface area contributed by atoms with E-state index in [1.165, 1.54) is 6.42 Å². The Morgan fingerprint density at radius 1 is 1.29 bits per heavy atom. The van der Waals surface area contributed by atoms with E-state index in [2.05, 4.69) is 0 Å². The van der Waals surface area contributed by atoms with Crippen molar-refractivity contribution in [1.82, 2.24) is 4.90 Å². The number of rotatable bonds is 5. The summed E-state index contributed by atoms with van der Waals surface area (Å²) in [5, 5.41) is 0. The van der Waals surface area contributed by atoms with Crippen LogP contribution in [0.1, 0.15) is 31.2 Å². The van der Waals surface area contributed by atoms with E-state index in [1.807, 2.05) is 23.1 Å². The maximum Gasteiger partial charge on any atom is 0.222 e. The molecule has 0 bridgehead atoms. The van der Waals surface area contributed by atoms with Gasteiger partial charge in [0.25, 0.3) is 0 Å². The lowest BCUT2D eigenvalue weighted by Crippen LogP contribution is -2.46. The molecule has 0 radical (unpaired) electrons. The van der Waals surface area contributed by atoms with Crippen molar-refractivity contribution in [3.05, 3.63) is 23.8 Å². The fourth-order valence-electron chi connectivity index (χ4n) is 3.87. The molecule has 1 aromatic carbocycles. The van der Waals surface area contributed by atoms with Gasteiger partial charge in [-0.3, -0.25) is 4.79 Å². The topological polar surface area (TPSA) is 48.0 Å². The van der Waals surface area contributed by atoms with Gasteiger partial charge in [-0.05, 0) is 49.4 Å². The molecule has 0 saturated carbocycles. The molecule has 0 aromatic heterocycles. The lowest BCUT2D eigenvalue weighted by atomic mass is 9.79. The molecule has 2 aliphatic rings. The lowest BCUT2D eigenvalue weighted by molar-refractivity contribution is -0.134. The molecule has 24 heavy (non-hydrogen) atoms. The Morgan fingerprint density at radius 3 is 2.88 bits per heavy atom. The quantitative estimate of drug-likeness (QED) is 0.831. The van der Waals surface area contributed by atoms with Gasteiger partial charge < -0.3 is 19.1 Å². The van der Waals surface area contributed by atoms with Gasteiger partial charge in [-0.1, -0.05) is 0 Å². The summed E-state index contributed by atoms with van der Waals surface area (Å²) >= 11 is 0. The average Bonchev–Trinajstić information content (AvgIpc) is 3.06. The monoisotopic (exact) mass is 333 g/mol. The lowest BCUT2D eigenvalue weighted by Gasteiger charge is -2.39. The third-order valence-electron chi connectivity index (χ3n) is 5.29. The predicted octanol–water partition coefficient (Wildman–Crippen LogP) is 2.67. The molecule has 0 N–H and O–H groups in total. The summed E-state index contributed by atoms with van der Waals surface area (Å²) in [6.07, 6.45) is 4.51. The van der Waals surface area contributed by atoms with Crippen molar-refractivity contribution in [2.45, 2.75) is 32.1 Å². The van der Waals surface area contributed by atoms with Crippen LogP contribution in [0.2, 0.25) is 0 Å². The molecule has 5 nitrogen and oxygen atoms in total. The molecule has 5 heteroatoms. The molecule has 2 aliphatic heterocycles. The molecule has 3 rings (SSSR count). The first-order valence-electron chi connectivity index (χ1n) is 8.72.